The maximum atomic E-state index is 10.6. The molecule has 1 unspecified atom stereocenters. The molecule has 2 rings (SSSR count). The number of nitro groups is 1. The molecule has 7 nitrogen and oxygen atoms in total. The van der Waals surface area contributed by atoms with Gasteiger partial charge in [-0.05, 0) is 18.9 Å². The van der Waals surface area contributed by atoms with Crippen molar-refractivity contribution in [2.24, 2.45) is 0 Å². The van der Waals surface area contributed by atoms with Gasteiger partial charge in [0, 0.05) is 19.2 Å². The quantitative estimate of drug-likeness (QED) is 0.639. The molecule has 18 heavy (non-hydrogen) atoms. The van der Waals surface area contributed by atoms with E-state index in [4.69, 9.17) is 10.00 Å². The predicted octanol–water partition coefficient (Wildman–Crippen LogP) is 1.45. The van der Waals surface area contributed by atoms with Crippen molar-refractivity contribution in [3.05, 3.63) is 27.9 Å². The van der Waals surface area contributed by atoms with E-state index in [1.807, 2.05) is 0 Å². The summed E-state index contributed by atoms with van der Waals surface area (Å²) in [6.07, 6.45) is 2.18. The van der Waals surface area contributed by atoms with Gasteiger partial charge in [0.05, 0.1) is 11.0 Å². The van der Waals surface area contributed by atoms with Gasteiger partial charge in [0.1, 0.15) is 11.9 Å². The van der Waals surface area contributed by atoms with Gasteiger partial charge in [-0.15, -0.1) is 0 Å². The summed E-state index contributed by atoms with van der Waals surface area (Å²) in [7, 11) is 0. The van der Waals surface area contributed by atoms with Crippen LogP contribution in [0.3, 0.4) is 0 Å². The fourth-order valence-electron chi connectivity index (χ4n) is 1.80. The van der Waals surface area contributed by atoms with Crippen LogP contribution in [0.2, 0.25) is 0 Å². The van der Waals surface area contributed by atoms with Crippen LogP contribution in [0.25, 0.3) is 0 Å². The Morgan fingerprint density at radius 3 is 3.11 bits per heavy atom. The molecule has 2 heterocycles. The van der Waals surface area contributed by atoms with Crippen molar-refractivity contribution in [3.8, 4) is 6.07 Å². The van der Waals surface area contributed by atoms with E-state index in [9.17, 15) is 10.1 Å². The van der Waals surface area contributed by atoms with Crippen LogP contribution in [0.5, 0.6) is 0 Å². The van der Waals surface area contributed by atoms with Gasteiger partial charge < -0.3 is 10.1 Å². The molecule has 94 valence electrons. The molecule has 7 heteroatoms. The monoisotopic (exact) mass is 248 g/mol. The maximum absolute atomic E-state index is 10.6. The first-order valence-electron chi connectivity index (χ1n) is 5.61. The second-order valence-corrected chi connectivity index (χ2v) is 3.95. The molecule has 1 aliphatic rings. The van der Waals surface area contributed by atoms with Crippen LogP contribution in [-0.4, -0.2) is 29.2 Å². The number of pyridine rings is 1. The second kappa shape index (κ2) is 5.42. The minimum absolute atomic E-state index is 0.146. The molecule has 1 saturated heterocycles. The summed E-state index contributed by atoms with van der Waals surface area (Å²) >= 11 is 0. The topological polar surface area (TPSA) is 101 Å². The van der Waals surface area contributed by atoms with Crippen LogP contribution in [0.15, 0.2) is 12.1 Å². The normalized spacial score (nSPS) is 18.3. The van der Waals surface area contributed by atoms with E-state index in [1.54, 1.807) is 6.07 Å². The Bertz CT molecular complexity index is 492. The summed E-state index contributed by atoms with van der Waals surface area (Å²) in [4.78, 5) is 13.9. The Morgan fingerprint density at radius 1 is 1.67 bits per heavy atom. The van der Waals surface area contributed by atoms with Gasteiger partial charge >= 0.3 is 5.69 Å². The smallest absolute Gasteiger partial charge is 0.305 e. The van der Waals surface area contributed by atoms with Gasteiger partial charge in [-0.3, -0.25) is 10.1 Å². The molecular formula is C11H12N4O3. The van der Waals surface area contributed by atoms with Crippen LogP contribution in [0.1, 0.15) is 18.5 Å². The standard InChI is InChI=1S/C11H12N4O3/c12-6-9-10(15(16)17)3-4-11(14-9)13-7-8-2-1-5-18-8/h3-4,8H,1-2,5,7H2,(H,13,14). The van der Waals surface area contributed by atoms with Crippen molar-refractivity contribution < 1.29 is 9.66 Å². The van der Waals surface area contributed by atoms with Gasteiger partial charge in [0.2, 0.25) is 5.69 Å². The third kappa shape index (κ3) is 2.73. The highest BCUT2D eigenvalue weighted by atomic mass is 16.6. The number of anilines is 1. The van der Waals surface area contributed by atoms with E-state index >= 15 is 0 Å². The van der Waals surface area contributed by atoms with Crippen LogP contribution < -0.4 is 5.32 Å². The molecule has 0 amide bonds. The number of nitrogens with zero attached hydrogens (tertiary/aromatic N) is 3. The molecule has 0 aromatic carbocycles. The van der Waals surface area contributed by atoms with E-state index in [1.165, 1.54) is 12.1 Å². The van der Waals surface area contributed by atoms with Crippen molar-refractivity contribution in [1.82, 2.24) is 4.98 Å². The van der Waals surface area contributed by atoms with Crippen molar-refractivity contribution in [2.45, 2.75) is 18.9 Å². The highest BCUT2D eigenvalue weighted by Crippen LogP contribution is 2.19. The fourth-order valence-corrected chi connectivity index (χ4v) is 1.80. The molecule has 1 aromatic rings. The predicted molar refractivity (Wildman–Crippen MR) is 63.1 cm³/mol. The van der Waals surface area contributed by atoms with E-state index in [-0.39, 0.29) is 17.5 Å². The number of ether oxygens (including phenoxy) is 1. The number of hydrogen-bond acceptors (Lipinski definition) is 6. The van der Waals surface area contributed by atoms with Crippen molar-refractivity contribution in [2.75, 3.05) is 18.5 Å². The summed E-state index contributed by atoms with van der Waals surface area (Å²) in [6, 6.07) is 4.50. The third-order valence-electron chi connectivity index (χ3n) is 2.71. The highest BCUT2D eigenvalue weighted by molar-refractivity contribution is 5.50. The van der Waals surface area contributed by atoms with E-state index in [2.05, 4.69) is 10.3 Å². The minimum atomic E-state index is -0.616. The molecule has 1 aliphatic heterocycles. The molecule has 0 bridgehead atoms. The lowest BCUT2D eigenvalue weighted by Gasteiger charge is -2.11. The van der Waals surface area contributed by atoms with Crippen molar-refractivity contribution >= 4 is 11.5 Å². The number of aromatic nitrogens is 1. The zero-order valence-corrected chi connectivity index (χ0v) is 9.63. The fraction of sp³-hybridized carbons (Fsp3) is 0.455. The molecule has 0 saturated carbocycles. The summed E-state index contributed by atoms with van der Waals surface area (Å²) < 4.78 is 5.43. The van der Waals surface area contributed by atoms with Crippen molar-refractivity contribution in [3.63, 3.8) is 0 Å². The van der Waals surface area contributed by atoms with Crippen LogP contribution in [-0.2, 0) is 4.74 Å². The molecule has 1 N–H and O–H groups in total. The molecule has 0 aliphatic carbocycles. The molecule has 0 radical (unpaired) electrons. The summed E-state index contributed by atoms with van der Waals surface area (Å²) in [5.74, 6) is 0.452. The highest BCUT2D eigenvalue weighted by Gasteiger charge is 2.17. The van der Waals surface area contributed by atoms with Gasteiger partial charge in [0.25, 0.3) is 0 Å². The Hall–Kier alpha value is -2.20. The minimum Gasteiger partial charge on any atom is -0.376 e. The molecular weight excluding hydrogens is 236 g/mol. The summed E-state index contributed by atoms with van der Waals surface area (Å²) in [5, 5.41) is 22.5. The molecule has 1 fully saturated rings. The van der Waals surface area contributed by atoms with Crippen LogP contribution >= 0.6 is 0 Å². The second-order valence-electron chi connectivity index (χ2n) is 3.95. The molecule has 1 atom stereocenters. The Balaban J connectivity index is 2.05. The van der Waals surface area contributed by atoms with Gasteiger partial charge in [-0.2, -0.15) is 5.26 Å². The van der Waals surface area contributed by atoms with Crippen molar-refractivity contribution in [1.29, 1.82) is 5.26 Å². The lowest BCUT2D eigenvalue weighted by atomic mass is 10.2. The lowest BCUT2D eigenvalue weighted by molar-refractivity contribution is -0.385. The average Bonchev–Trinajstić information content (AvgIpc) is 2.88. The van der Waals surface area contributed by atoms with Gasteiger partial charge in [-0.1, -0.05) is 0 Å². The summed E-state index contributed by atoms with van der Waals surface area (Å²) in [6.45, 7) is 1.36. The number of nitrogens with one attached hydrogen (secondary N) is 1. The number of nitriles is 1. The first-order chi connectivity index (χ1) is 8.70. The Morgan fingerprint density at radius 2 is 2.50 bits per heavy atom. The largest absolute Gasteiger partial charge is 0.376 e. The maximum Gasteiger partial charge on any atom is 0.305 e. The van der Waals surface area contributed by atoms with Crippen LogP contribution in [0, 0.1) is 21.4 Å². The summed E-state index contributed by atoms with van der Waals surface area (Å²) in [5.41, 5.74) is -0.461. The van der Waals surface area contributed by atoms with E-state index < -0.39 is 4.92 Å². The Kier molecular flexibility index (Phi) is 3.69. The van der Waals surface area contributed by atoms with Gasteiger partial charge in [-0.25, -0.2) is 4.98 Å². The Labute approximate surface area is 104 Å². The average molecular weight is 248 g/mol. The molecule has 0 spiro atoms. The van der Waals surface area contributed by atoms with E-state index in [0.717, 1.165) is 19.4 Å². The van der Waals surface area contributed by atoms with Gasteiger partial charge in [0.15, 0.2) is 0 Å². The number of hydrogen-bond donors (Lipinski definition) is 1. The number of rotatable bonds is 4. The van der Waals surface area contributed by atoms with E-state index in [0.29, 0.717) is 12.4 Å². The SMILES string of the molecule is N#Cc1nc(NCC2CCCO2)ccc1[N+](=O)[O-]. The zero-order chi connectivity index (χ0) is 13.0. The van der Waals surface area contributed by atoms with Crippen LogP contribution in [0.4, 0.5) is 11.5 Å². The lowest BCUT2D eigenvalue weighted by Crippen LogP contribution is -2.19. The third-order valence-corrected chi connectivity index (χ3v) is 2.71. The zero-order valence-electron chi connectivity index (χ0n) is 9.63. The first-order valence-corrected chi connectivity index (χ1v) is 5.61. The molecule has 1 aromatic heterocycles. The first kappa shape index (κ1) is 12.3.